The second-order valence-corrected chi connectivity index (χ2v) is 5.36. The highest BCUT2D eigenvalue weighted by molar-refractivity contribution is 6.42. The minimum Gasteiger partial charge on any atom is -0.381 e. The Kier molecular flexibility index (Phi) is 4.56. The van der Waals surface area contributed by atoms with Gasteiger partial charge < -0.3 is 10.2 Å². The van der Waals surface area contributed by atoms with Crippen LogP contribution in [0, 0.1) is 0 Å². The fourth-order valence-corrected chi connectivity index (χ4v) is 2.05. The van der Waals surface area contributed by atoms with Gasteiger partial charge in [0.05, 0.1) is 10.0 Å². The molecule has 2 nitrogen and oxygen atoms in total. The molecule has 0 spiro atoms. The fraction of sp³-hybridized carbons (Fsp3) is 0.200. The smallest absolute Gasteiger partial charge is 0.0595 e. The molecule has 0 unspecified atom stereocenters. The first-order valence-electron chi connectivity index (χ1n) is 6.01. The third-order valence-electron chi connectivity index (χ3n) is 2.86. The Morgan fingerprint density at radius 1 is 0.947 bits per heavy atom. The molecule has 0 radical (unpaired) electrons. The van der Waals surface area contributed by atoms with Gasteiger partial charge in [-0.25, -0.2) is 0 Å². The zero-order chi connectivity index (χ0) is 13.8. The SMILES string of the molecule is CN(C)c1ccc(NCc2ccc(Cl)c(Cl)c2)cc1. The van der Waals surface area contributed by atoms with E-state index in [1.807, 2.05) is 32.3 Å². The molecule has 0 bridgehead atoms. The van der Waals surface area contributed by atoms with E-state index in [0.717, 1.165) is 17.8 Å². The predicted octanol–water partition coefficient (Wildman–Crippen LogP) is 4.67. The Hall–Kier alpha value is -1.38. The Morgan fingerprint density at radius 3 is 2.21 bits per heavy atom. The number of nitrogens with one attached hydrogen (secondary N) is 1. The second-order valence-electron chi connectivity index (χ2n) is 4.54. The van der Waals surface area contributed by atoms with Crippen LogP contribution in [0.5, 0.6) is 0 Å². The fourth-order valence-electron chi connectivity index (χ4n) is 1.73. The van der Waals surface area contributed by atoms with E-state index in [2.05, 4.69) is 34.5 Å². The van der Waals surface area contributed by atoms with Crippen molar-refractivity contribution in [1.29, 1.82) is 0 Å². The summed E-state index contributed by atoms with van der Waals surface area (Å²) < 4.78 is 0. The zero-order valence-corrected chi connectivity index (χ0v) is 12.5. The first-order chi connectivity index (χ1) is 9.06. The van der Waals surface area contributed by atoms with Crippen molar-refractivity contribution in [1.82, 2.24) is 0 Å². The van der Waals surface area contributed by atoms with Gasteiger partial charge in [0, 0.05) is 32.0 Å². The van der Waals surface area contributed by atoms with E-state index < -0.39 is 0 Å². The van der Waals surface area contributed by atoms with Crippen molar-refractivity contribution in [2.75, 3.05) is 24.3 Å². The predicted molar refractivity (Wildman–Crippen MR) is 84.6 cm³/mol. The molecule has 0 heterocycles. The van der Waals surface area contributed by atoms with Crippen LogP contribution in [-0.4, -0.2) is 14.1 Å². The number of halogens is 2. The molecule has 0 aromatic heterocycles. The Bertz CT molecular complexity index is 551. The molecule has 0 amide bonds. The lowest BCUT2D eigenvalue weighted by atomic mass is 10.2. The standard InChI is InChI=1S/C15H16Cl2N2/c1-19(2)13-6-4-12(5-7-13)18-10-11-3-8-14(16)15(17)9-11/h3-9,18H,10H2,1-2H3. The van der Waals surface area contributed by atoms with Crippen molar-refractivity contribution in [2.24, 2.45) is 0 Å². The van der Waals surface area contributed by atoms with Crippen LogP contribution in [-0.2, 0) is 6.54 Å². The molecule has 2 aromatic carbocycles. The molecular weight excluding hydrogens is 279 g/mol. The number of benzene rings is 2. The van der Waals surface area contributed by atoms with Crippen molar-refractivity contribution in [3.8, 4) is 0 Å². The molecule has 0 fully saturated rings. The molecule has 100 valence electrons. The van der Waals surface area contributed by atoms with Gasteiger partial charge in [0.2, 0.25) is 0 Å². The van der Waals surface area contributed by atoms with Crippen LogP contribution in [0.25, 0.3) is 0 Å². The van der Waals surface area contributed by atoms with Crippen molar-refractivity contribution >= 4 is 34.6 Å². The van der Waals surface area contributed by atoms with E-state index >= 15 is 0 Å². The molecule has 0 atom stereocenters. The summed E-state index contributed by atoms with van der Waals surface area (Å²) in [5.41, 5.74) is 3.36. The van der Waals surface area contributed by atoms with Crippen molar-refractivity contribution in [3.05, 3.63) is 58.1 Å². The number of anilines is 2. The topological polar surface area (TPSA) is 15.3 Å². The van der Waals surface area contributed by atoms with Crippen LogP contribution in [0.2, 0.25) is 10.0 Å². The van der Waals surface area contributed by atoms with Crippen LogP contribution in [0.3, 0.4) is 0 Å². The van der Waals surface area contributed by atoms with Gasteiger partial charge in [0.15, 0.2) is 0 Å². The van der Waals surface area contributed by atoms with Crippen LogP contribution in [0.15, 0.2) is 42.5 Å². The summed E-state index contributed by atoms with van der Waals surface area (Å²) in [5.74, 6) is 0. The molecule has 0 saturated carbocycles. The van der Waals surface area contributed by atoms with Gasteiger partial charge in [-0.15, -0.1) is 0 Å². The third-order valence-corrected chi connectivity index (χ3v) is 3.60. The number of nitrogens with zero attached hydrogens (tertiary/aromatic N) is 1. The van der Waals surface area contributed by atoms with E-state index in [4.69, 9.17) is 23.2 Å². The highest BCUT2D eigenvalue weighted by Crippen LogP contribution is 2.23. The van der Waals surface area contributed by atoms with Crippen LogP contribution < -0.4 is 10.2 Å². The monoisotopic (exact) mass is 294 g/mol. The molecule has 2 aromatic rings. The maximum atomic E-state index is 5.99. The van der Waals surface area contributed by atoms with Gasteiger partial charge in [-0.1, -0.05) is 29.3 Å². The summed E-state index contributed by atoms with van der Waals surface area (Å²) in [6.45, 7) is 0.720. The average molecular weight is 295 g/mol. The largest absolute Gasteiger partial charge is 0.381 e. The van der Waals surface area contributed by atoms with Crippen molar-refractivity contribution in [2.45, 2.75) is 6.54 Å². The van der Waals surface area contributed by atoms with Gasteiger partial charge in [-0.05, 0) is 42.0 Å². The van der Waals surface area contributed by atoms with Gasteiger partial charge in [0.25, 0.3) is 0 Å². The first-order valence-corrected chi connectivity index (χ1v) is 6.77. The molecule has 19 heavy (non-hydrogen) atoms. The molecule has 0 aliphatic carbocycles. The lowest BCUT2D eigenvalue weighted by molar-refractivity contribution is 1.12. The van der Waals surface area contributed by atoms with Gasteiger partial charge in [-0.2, -0.15) is 0 Å². The minimum absolute atomic E-state index is 0.584. The van der Waals surface area contributed by atoms with Crippen LogP contribution in [0.1, 0.15) is 5.56 Å². The van der Waals surface area contributed by atoms with Gasteiger partial charge in [0.1, 0.15) is 0 Å². The minimum atomic E-state index is 0.584. The highest BCUT2D eigenvalue weighted by atomic mass is 35.5. The van der Waals surface area contributed by atoms with Crippen molar-refractivity contribution in [3.63, 3.8) is 0 Å². The second kappa shape index (κ2) is 6.18. The number of rotatable bonds is 4. The van der Waals surface area contributed by atoms with E-state index in [1.54, 1.807) is 0 Å². The normalized spacial score (nSPS) is 10.3. The van der Waals surface area contributed by atoms with Crippen molar-refractivity contribution < 1.29 is 0 Å². The number of hydrogen-bond donors (Lipinski definition) is 1. The summed E-state index contributed by atoms with van der Waals surface area (Å²) in [4.78, 5) is 2.07. The average Bonchev–Trinajstić information content (AvgIpc) is 2.40. The molecule has 0 aliphatic heterocycles. The molecule has 0 saturated heterocycles. The maximum absolute atomic E-state index is 5.99. The molecular formula is C15H16Cl2N2. The van der Waals surface area contributed by atoms with Crippen LogP contribution >= 0.6 is 23.2 Å². The quantitative estimate of drug-likeness (QED) is 0.881. The molecule has 0 aliphatic rings. The Balaban J connectivity index is 2.00. The summed E-state index contributed by atoms with van der Waals surface area (Å²) in [6, 6.07) is 13.9. The van der Waals surface area contributed by atoms with Gasteiger partial charge in [-0.3, -0.25) is 0 Å². The first kappa shape index (κ1) is 14.0. The van der Waals surface area contributed by atoms with Crippen LogP contribution in [0.4, 0.5) is 11.4 Å². The highest BCUT2D eigenvalue weighted by Gasteiger charge is 2.00. The summed E-state index contributed by atoms with van der Waals surface area (Å²) in [5, 5.41) is 4.52. The summed E-state index contributed by atoms with van der Waals surface area (Å²) in [6.07, 6.45) is 0. The number of hydrogen-bond acceptors (Lipinski definition) is 2. The summed E-state index contributed by atoms with van der Waals surface area (Å²) in [7, 11) is 4.05. The van der Waals surface area contributed by atoms with E-state index in [9.17, 15) is 0 Å². The lowest BCUT2D eigenvalue weighted by Gasteiger charge is -2.13. The Labute approximate surface area is 123 Å². The van der Waals surface area contributed by atoms with E-state index in [1.165, 1.54) is 5.69 Å². The zero-order valence-electron chi connectivity index (χ0n) is 11.0. The lowest BCUT2D eigenvalue weighted by Crippen LogP contribution is -2.08. The summed E-state index contributed by atoms with van der Waals surface area (Å²) >= 11 is 11.9. The van der Waals surface area contributed by atoms with E-state index in [0.29, 0.717) is 10.0 Å². The molecule has 1 N–H and O–H groups in total. The third kappa shape index (κ3) is 3.79. The molecule has 2 rings (SSSR count). The maximum Gasteiger partial charge on any atom is 0.0595 e. The van der Waals surface area contributed by atoms with E-state index in [-0.39, 0.29) is 0 Å². The molecule has 4 heteroatoms. The Morgan fingerprint density at radius 2 is 1.63 bits per heavy atom. The van der Waals surface area contributed by atoms with Gasteiger partial charge >= 0.3 is 0 Å².